The Balaban J connectivity index is 2.84. The molecule has 0 spiro atoms. The second-order valence-electron chi connectivity index (χ2n) is 2.33. The summed E-state index contributed by atoms with van der Waals surface area (Å²) in [6.45, 7) is 0. The van der Waals surface area contributed by atoms with E-state index in [9.17, 15) is 0 Å². The molecule has 1 rings (SSSR count). The van der Waals surface area contributed by atoms with Gasteiger partial charge in [0, 0.05) is 5.70 Å². The average Bonchev–Trinajstić information content (AvgIpc) is 1.81. The zero-order valence-corrected chi connectivity index (χ0v) is 5.36. The van der Waals surface area contributed by atoms with E-state index < -0.39 is 11.8 Å². The van der Waals surface area contributed by atoms with Crippen molar-refractivity contribution in [1.29, 1.82) is 0 Å². The summed E-state index contributed by atoms with van der Waals surface area (Å²) < 4.78 is 0. The zero-order chi connectivity index (χ0) is 7.78. The van der Waals surface area contributed by atoms with Crippen molar-refractivity contribution < 1.29 is 10.2 Å². The number of nitrogens with two attached hydrogens (primary N) is 2. The van der Waals surface area contributed by atoms with Gasteiger partial charge in [0.1, 0.15) is 6.10 Å². The Labute approximate surface area is 58.4 Å². The maximum atomic E-state index is 9.10. The van der Waals surface area contributed by atoms with Crippen LogP contribution < -0.4 is 11.5 Å². The maximum Gasteiger partial charge on any atom is 0.163 e. The lowest BCUT2D eigenvalue weighted by molar-refractivity contribution is -0.0110. The summed E-state index contributed by atoms with van der Waals surface area (Å²) in [4.78, 5) is 0. The Bertz CT molecular complexity index is 196. The van der Waals surface area contributed by atoms with Gasteiger partial charge in [-0.05, 0) is 18.2 Å². The van der Waals surface area contributed by atoms with Gasteiger partial charge in [-0.15, -0.1) is 0 Å². The van der Waals surface area contributed by atoms with E-state index in [4.69, 9.17) is 21.7 Å². The van der Waals surface area contributed by atoms with Crippen molar-refractivity contribution in [2.75, 3.05) is 0 Å². The van der Waals surface area contributed by atoms with Crippen molar-refractivity contribution in [1.82, 2.24) is 0 Å². The highest BCUT2D eigenvalue weighted by atomic mass is 16.4. The molecule has 0 aromatic heterocycles. The standard InChI is InChI=1S/C6H10N2O2/c7-4-1-2-6(8,10)5(9)3-4/h1-3,5,9-10H,7-8H2. The Morgan fingerprint density at radius 1 is 1.60 bits per heavy atom. The highest BCUT2D eigenvalue weighted by Gasteiger charge is 2.28. The van der Waals surface area contributed by atoms with Crippen LogP contribution in [0.4, 0.5) is 0 Å². The number of aliphatic hydroxyl groups is 2. The van der Waals surface area contributed by atoms with Gasteiger partial charge in [-0.1, -0.05) is 0 Å². The topological polar surface area (TPSA) is 92.5 Å². The summed E-state index contributed by atoms with van der Waals surface area (Å²) in [7, 11) is 0. The zero-order valence-electron chi connectivity index (χ0n) is 5.36. The second-order valence-corrected chi connectivity index (χ2v) is 2.33. The SMILES string of the molecule is NC1=CC(O)C(N)(O)C=C1. The van der Waals surface area contributed by atoms with Crippen LogP contribution in [0.15, 0.2) is 23.9 Å². The molecule has 0 aromatic carbocycles. The number of allylic oxidation sites excluding steroid dienone is 1. The van der Waals surface area contributed by atoms with Crippen molar-refractivity contribution in [3.63, 3.8) is 0 Å². The van der Waals surface area contributed by atoms with E-state index >= 15 is 0 Å². The summed E-state index contributed by atoms with van der Waals surface area (Å²) >= 11 is 0. The van der Waals surface area contributed by atoms with Crippen LogP contribution >= 0.6 is 0 Å². The number of hydrogen-bond donors (Lipinski definition) is 4. The van der Waals surface area contributed by atoms with Gasteiger partial charge in [-0.25, -0.2) is 0 Å². The molecule has 6 N–H and O–H groups in total. The molecule has 0 radical (unpaired) electrons. The van der Waals surface area contributed by atoms with Gasteiger partial charge in [0.25, 0.3) is 0 Å². The summed E-state index contributed by atoms with van der Waals surface area (Å²) in [5.41, 5.74) is 9.24. The van der Waals surface area contributed by atoms with Crippen molar-refractivity contribution in [3.05, 3.63) is 23.9 Å². The summed E-state index contributed by atoms with van der Waals surface area (Å²) in [6.07, 6.45) is 2.89. The van der Waals surface area contributed by atoms with E-state index in [0.717, 1.165) is 0 Å². The molecule has 0 amide bonds. The largest absolute Gasteiger partial charge is 0.399 e. The smallest absolute Gasteiger partial charge is 0.163 e. The fourth-order valence-electron chi connectivity index (χ4n) is 0.700. The molecule has 56 valence electrons. The van der Waals surface area contributed by atoms with Crippen molar-refractivity contribution >= 4 is 0 Å². The predicted octanol–water partition coefficient (Wildman–Crippen LogP) is -1.59. The third-order valence-corrected chi connectivity index (χ3v) is 1.37. The van der Waals surface area contributed by atoms with Gasteiger partial charge in [0.2, 0.25) is 0 Å². The minimum Gasteiger partial charge on any atom is -0.399 e. The van der Waals surface area contributed by atoms with Crippen LogP contribution in [0.25, 0.3) is 0 Å². The van der Waals surface area contributed by atoms with E-state index in [-0.39, 0.29) is 0 Å². The van der Waals surface area contributed by atoms with Gasteiger partial charge in [-0.3, -0.25) is 5.73 Å². The summed E-state index contributed by atoms with van der Waals surface area (Å²) in [5.74, 6) is 0. The molecule has 2 unspecified atom stereocenters. The fourth-order valence-corrected chi connectivity index (χ4v) is 0.700. The van der Waals surface area contributed by atoms with Crippen LogP contribution in [0.3, 0.4) is 0 Å². The first-order valence-corrected chi connectivity index (χ1v) is 2.88. The molecule has 4 heteroatoms. The molecule has 4 nitrogen and oxygen atoms in total. The van der Waals surface area contributed by atoms with E-state index in [0.29, 0.717) is 5.70 Å². The van der Waals surface area contributed by atoms with Gasteiger partial charge in [-0.2, -0.15) is 0 Å². The molecule has 0 saturated carbocycles. The van der Waals surface area contributed by atoms with Crippen molar-refractivity contribution in [2.24, 2.45) is 11.5 Å². The fraction of sp³-hybridized carbons (Fsp3) is 0.333. The first-order valence-electron chi connectivity index (χ1n) is 2.88. The minimum absolute atomic E-state index is 0.405. The molecular weight excluding hydrogens is 132 g/mol. The lowest BCUT2D eigenvalue weighted by atomic mass is 10.0. The van der Waals surface area contributed by atoms with Crippen molar-refractivity contribution in [3.8, 4) is 0 Å². The van der Waals surface area contributed by atoms with Crippen LogP contribution in [0.1, 0.15) is 0 Å². The third kappa shape index (κ3) is 1.18. The number of aliphatic hydroxyl groups excluding tert-OH is 1. The predicted molar refractivity (Wildman–Crippen MR) is 36.6 cm³/mol. The Kier molecular flexibility index (Phi) is 1.52. The Hall–Kier alpha value is -0.840. The molecule has 0 saturated heterocycles. The maximum absolute atomic E-state index is 9.10. The lowest BCUT2D eigenvalue weighted by Crippen LogP contribution is -2.49. The van der Waals surface area contributed by atoms with Gasteiger partial charge in [0.15, 0.2) is 5.72 Å². The van der Waals surface area contributed by atoms with E-state index in [1.165, 1.54) is 18.2 Å². The Morgan fingerprint density at radius 2 is 2.20 bits per heavy atom. The molecule has 0 heterocycles. The molecule has 0 aromatic rings. The Morgan fingerprint density at radius 3 is 2.60 bits per heavy atom. The molecule has 0 fully saturated rings. The average molecular weight is 142 g/mol. The van der Waals surface area contributed by atoms with Gasteiger partial charge < -0.3 is 15.9 Å². The van der Waals surface area contributed by atoms with E-state index in [1.54, 1.807) is 0 Å². The number of rotatable bonds is 0. The molecule has 2 atom stereocenters. The van der Waals surface area contributed by atoms with E-state index in [2.05, 4.69) is 0 Å². The van der Waals surface area contributed by atoms with Gasteiger partial charge >= 0.3 is 0 Å². The first-order chi connectivity index (χ1) is 4.52. The van der Waals surface area contributed by atoms with Gasteiger partial charge in [0.05, 0.1) is 0 Å². The van der Waals surface area contributed by atoms with Crippen LogP contribution in [-0.2, 0) is 0 Å². The quantitative estimate of drug-likeness (QED) is 0.307. The van der Waals surface area contributed by atoms with Crippen LogP contribution in [0.2, 0.25) is 0 Å². The molecule has 0 aliphatic heterocycles. The van der Waals surface area contributed by atoms with Crippen molar-refractivity contribution in [2.45, 2.75) is 11.8 Å². The normalized spacial score (nSPS) is 39.5. The molecular formula is C6H10N2O2. The second kappa shape index (κ2) is 2.09. The molecule has 10 heavy (non-hydrogen) atoms. The highest BCUT2D eigenvalue weighted by molar-refractivity contribution is 5.27. The third-order valence-electron chi connectivity index (χ3n) is 1.37. The molecule has 1 aliphatic carbocycles. The molecule has 1 aliphatic rings. The summed E-state index contributed by atoms with van der Waals surface area (Å²) in [6, 6.07) is 0. The highest BCUT2D eigenvalue weighted by Crippen LogP contribution is 2.13. The molecule has 0 bridgehead atoms. The monoisotopic (exact) mass is 142 g/mol. The van der Waals surface area contributed by atoms with Crippen LogP contribution in [-0.4, -0.2) is 22.0 Å². The number of hydrogen-bond acceptors (Lipinski definition) is 4. The lowest BCUT2D eigenvalue weighted by Gasteiger charge is -2.25. The minimum atomic E-state index is -1.66. The van der Waals surface area contributed by atoms with Crippen LogP contribution in [0, 0.1) is 0 Å². The first kappa shape index (κ1) is 7.27. The summed E-state index contributed by atoms with van der Waals surface area (Å²) in [5, 5.41) is 18.1. The van der Waals surface area contributed by atoms with E-state index in [1.807, 2.05) is 0 Å². The van der Waals surface area contributed by atoms with Crippen LogP contribution in [0.5, 0.6) is 0 Å².